The molecule has 1 heterocycles. The number of benzene rings is 2. The first kappa shape index (κ1) is 14.8. The van der Waals surface area contributed by atoms with Crippen molar-refractivity contribution < 1.29 is 9.90 Å². The largest absolute Gasteiger partial charge is 0.507 e. The summed E-state index contributed by atoms with van der Waals surface area (Å²) in [5.41, 5.74) is 3.95. The lowest BCUT2D eigenvalue weighted by Crippen LogP contribution is -2.12. The lowest BCUT2D eigenvalue weighted by atomic mass is 10.2. The fourth-order valence-electron chi connectivity index (χ4n) is 2.33. The van der Waals surface area contributed by atoms with Crippen molar-refractivity contribution in [2.75, 3.05) is 5.32 Å². The van der Waals surface area contributed by atoms with E-state index in [1.54, 1.807) is 24.5 Å². The molecule has 0 fully saturated rings. The lowest BCUT2D eigenvalue weighted by Gasteiger charge is -2.09. The fourth-order valence-corrected chi connectivity index (χ4v) is 2.33. The molecule has 3 rings (SSSR count). The minimum Gasteiger partial charge on any atom is -0.507 e. The van der Waals surface area contributed by atoms with Crippen LogP contribution in [0, 0.1) is 13.8 Å². The van der Waals surface area contributed by atoms with E-state index in [1.165, 1.54) is 6.07 Å². The monoisotopic (exact) mass is 307 g/mol. The van der Waals surface area contributed by atoms with Gasteiger partial charge < -0.3 is 15.0 Å². The number of para-hydroxylation sites is 1. The average molecular weight is 307 g/mol. The van der Waals surface area contributed by atoms with Gasteiger partial charge in [0.05, 0.1) is 17.6 Å². The lowest BCUT2D eigenvalue weighted by molar-refractivity contribution is 0.102. The number of carbonyl (C=O) groups excluding carboxylic acids is 1. The Morgan fingerprint density at radius 2 is 1.78 bits per heavy atom. The van der Waals surface area contributed by atoms with E-state index in [2.05, 4.69) is 10.3 Å². The molecular weight excluding hydrogens is 290 g/mol. The van der Waals surface area contributed by atoms with Crippen LogP contribution >= 0.6 is 0 Å². The predicted molar refractivity (Wildman–Crippen MR) is 89.1 cm³/mol. The number of phenols is 1. The molecule has 0 aliphatic heterocycles. The Labute approximate surface area is 134 Å². The molecule has 23 heavy (non-hydrogen) atoms. The molecule has 1 aromatic heterocycles. The summed E-state index contributed by atoms with van der Waals surface area (Å²) in [5.74, 6) is -0.378. The maximum Gasteiger partial charge on any atom is 0.259 e. The zero-order valence-corrected chi connectivity index (χ0v) is 12.9. The van der Waals surface area contributed by atoms with Crippen molar-refractivity contribution in [2.24, 2.45) is 0 Å². The maximum absolute atomic E-state index is 12.2. The van der Waals surface area contributed by atoms with Gasteiger partial charge in [-0.05, 0) is 50.2 Å². The molecule has 2 aromatic carbocycles. The highest BCUT2D eigenvalue weighted by Gasteiger charge is 2.10. The maximum atomic E-state index is 12.2. The van der Waals surface area contributed by atoms with Crippen LogP contribution in [0.3, 0.4) is 0 Å². The third-order valence-electron chi connectivity index (χ3n) is 3.80. The van der Waals surface area contributed by atoms with Crippen LogP contribution in [-0.4, -0.2) is 20.6 Å². The van der Waals surface area contributed by atoms with Crippen LogP contribution in [0.4, 0.5) is 5.69 Å². The fraction of sp³-hybridized carbons (Fsp3) is 0.111. The van der Waals surface area contributed by atoms with Crippen LogP contribution < -0.4 is 5.32 Å². The molecule has 5 heteroatoms. The van der Waals surface area contributed by atoms with Crippen molar-refractivity contribution in [1.29, 1.82) is 0 Å². The van der Waals surface area contributed by atoms with Crippen LogP contribution in [0.5, 0.6) is 5.75 Å². The number of nitrogens with one attached hydrogen (secondary N) is 1. The summed E-state index contributed by atoms with van der Waals surface area (Å²) in [7, 11) is 0. The summed E-state index contributed by atoms with van der Waals surface area (Å²) >= 11 is 0. The molecule has 5 nitrogen and oxygen atoms in total. The number of aryl methyl sites for hydroxylation is 1. The van der Waals surface area contributed by atoms with Gasteiger partial charge in [-0.15, -0.1) is 0 Å². The molecule has 0 saturated heterocycles. The summed E-state index contributed by atoms with van der Waals surface area (Å²) < 4.78 is 1.99. The van der Waals surface area contributed by atoms with E-state index < -0.39 is 0 Å². The number of phenolic OH excluding ortho intramolecular Hbond substituents is 1. The van der Waals surface area contributed by atoms with Crippen molar-refractivity contribution in [3.63, 3.8) is 0 Å². The zero-order valence-electron chi connectivity index (χ0n) is 12.9. The highest BCUT2D eigenvalue weighted by Crippen LogP contribution is 2.20. The van der Waals surface area contributed by atoms with E-state index in [1.807, 2.05) is 42.7 Å². The zero-order chi connectivity index (χ0) is 16.4. The van der Waals surface area contributed by atoms with Crippen LogP contribution in [0.15, 0.2) is 54.9 Å². The van der Waals surface area contributed by atoms with Crippen molar-refractivity contribution >= 4 is 11.6 Å². The van der Waals surface area contributed by atoms with E-state index in [0.717, 1.165) is 17.1 Å². The van der Waals surface area contributed by atoms with Gasteiger partial charge in [-0.3, -0.25) is 4.79 Å². The highest BCUT2D eigenvalue weighted by atomic mass is 16.3. The van der Waals surface area contributed by atoms with Crippen molar-refractivity contribution in [3.8, 4) is 11.4 Å². The number of carbonyl (C=O) groups is 1. The Bertz CT molecular complexity index is 851. The minimum absolute atomic E-state index is 0.0360. The SMILES string of the molecule is Cc1ncn(-c2ccc(NC(=O)c3ccccc3O)cc2)c1C. The Morgan fingerprint density at radius 3 is 2.39 bits per heavy atom. The third-order valence-corrected chi connectivity index (χ3v) is 3.80. The topological polar surface area (TPSA) is 67.2 Å². The molecule has 0 bridgehead atoms. The van der Waals surface area contributed by atoms with Gasteiger partial charge in [0, 0.05) is 17.1 Å². The summed E-state index contributed by atoms with van der Waals surface area (Å²) in [5, 5.41) is 12.5. The van der Waals surface area contributed by atoms with Crippen LogP contribution in [-0.2, 0) is 0 Å². The number of aromatic nitrogens is 2. The normalized spacial score (nSPS) is 10.5. The van der Waals surface area contributed by atoms with Gasteiger partial charge in [-0.2, -0.15) is 0 Å². The van der Waals surface area contributed by atoms with E-state index in [-0.39, 0.29) is 17.2 Å². The summed E-state index contributed by atoms with van der Waals surface area (Å²) in [4.78, 5) is 16.4. The summed E-state index contributed by atoms with van der Waals surface area (Å²) in [6, 6.07) is 13.9. The van der Waals surface area contributed by atoms with Crippen molar-refractivity contribution in [2.45, 2.75) is 13.8 Å². The number of amides is 1. The van der Waals surface area contributed by atoms with E-state index in [9.17, 15) is 9.90 Å². The molecule has 1 amide bonds. The standard InChI is InChI=1S/C18H17N3O2/c1-12-13(2)21(11-19-12)15-9-7-14(8-10-15)20-18(23)16-5-3-4-6-17(16)22/h3-11,22H,1-2H3,(H,20,23). The Morgan fingerprint density at radius 1 is 1.09 bits per heavy atom. The highest BCUT2D eigenvalue weighted by molar-refractivity contribution is 6.06. The predicted octanol–water partition coefficient (Wildman–Crippen LogP) is 3.45. The second-order valence-corrected chi connectivity index (χ2v) is 5.30. The number of nitrogens with zero attached hydrogens (tertiary/aromatic N) is 2. The number of aromatic hydroxyl groups is 1. The van der Waals surface area contributed by atoms with Crippen molar-refractivity contribution in [1.82, 2.24) is 9.55 Å². The number of imidazole rings is 1. The Kier molecular flexibility index (Phi) is 3.85. The van der Waals surface area contributed by atoms with E-state index in [0.29, 0.717) is 5.69 Å². The number of anilines is 1. The van der Waals surface area contributed by atoms with Gasteiger partial charge in [0.2, 0.25) is 0 Å². The molecule has 0 aliphatic carbocycles. The third kappa shape index (κ3) is 2.94. The molecule has 2 N–H and O–H groups in total. The van der Waals surface area contributed by atoms with Gasteiger partial charge in [-0.25, -0.2) is 4.98 Å². The number of hydrogen-bond donors (Lipinski definition) is 2. The van der Waals surface area contributed by atoms with Crippen LogP contribution in [0.25, 0.3) is 5.69 Å². The van der Waals surface area contributed by atoms with Gasteiger partial charge in [0.1, 0.15) is 5.75 Å². The summed E-state index contributed by atoms with van der Waals surface area (Å²) in [6.45, 7) is 3.98. The van der Waals surface area contributed by atoms with E-state index >= 15 is 0 Å². The molecule has 0 aliphatic rings. The van der Waals surface area contributed by atoms with Gasteiger partial charge in [-0.1, -0.05) is 12.1 Å². The molecular formula is C18H17N3O2. The van der Waals surface area contributed by atoms with Gasteiger partial charge in [0.25, 0.3) is 5.91 Å². The van der Waals surface area contributed by atoms with Crippen molar-refractivity contribution in [3.05, 3.63) is 71.8 Å². The first-order chi connectivity index (χ1) is 11.1. The summed E-state index contributed by atoms with van der Waals surface area (Å²) in [6.07, 6.45) is 1.78. The smallest absolute Gasteiger partial charge is 0.259 e. The van der Waals surface area contributed by atoms with Crippen LogP contribution in [0.1, 0.15) is 21.7 Å². The number of rotatable bonds is 3. The van der Waals surface area contributed by atoms with Crippen LogP contribution in [0.2, 0.25) is 0 Å². The second kappa shape index (κ2) is 5.96. The molecule has 0 radical (unpaired) electrons. The Balaban J connectivity index is 1.79. The molecule has 116 valence electrons. The quantitative estimate of drug-likeness (QED) is 0.779. The first-order valence-corrected chi connectivity index (χ1v) is 7.26. The number of hydrogen-bond acceptors (Lipinski definition) is 3. The van der Waals surface area contributed by atoms with Gasteiger partial charge in [0.15, 0.2) is 0 Å². The second-order valence-electron chi connectivity index (χ2n) is 5.30. The first-order valence-electron chi connectivity index (χ1n) is 7.26. The van der Waals surface area contributed by atoms with E-state index in [4.69, 9.17) is 0 Å². The average Bonchev–Trinajstić information content (AvgIpc) is 2.88. The molecule has 0 unspecified atom stereocenters. The minimum atomic E-state index is -0.342. The molecule has 0 saturated carbocycles. The Hall–Kier alpha value is -3.08. The molecule has 3 aromatic rings. The molecule has 0 spiro atoms. The molecule has 0 atom stereocenters. The van der Waals surface area contributed by atoms with Gasteiger partial charge >= 0.3 is 0 Å².